The molecule has 29 heteroatoms. The maximum atomic E-state index is 14.9. The third-order valence-electron chi connectivity index (χ3n) is 13.4. The molecule has 478 valence electrons. The molecular weight excluding hydrogens is 1210 g/mol. The summed E-state index contributed by atoms with van der Waals surface area (Å²) in [5, 5.41) is 43.9. The van der Waals surface area contributed by atoms with E-state index in [1.165, 1.54) is 36.0 Å². The van der Waals surface area contributed by atoms with E-state index in [1.807, 2.05) is 0 Å². The summed E-state index contributed by atoms with van der Waals surface area (Å²) in [5.74, 6) is -3.95. The Morgan fingerprint density at radius 2 is 0.967 bits per heavy atom. The van der Waals surface area contributed by atoms with Crippen molar-refractivity contribution in [3.63, 3.8) is 0 Å². The number of carbonyl (C=O) groups is 2. The molecule has 0 saturated carbocycles. The number of alkyl halides is 8. The predicted molar refractivity (Wildman–Crippen MR) is 303 cm³/mol. The smallest absolute Gasteiger partial charge is 0.428 e. The first-order valence-corrected chi connectivity index (χ1v) is 27.8. The standard InChI is InChI=1S/C30H30F6N6O2.C29H28F6N6O2.C2H3N/c1-42-40-26(39-41-42)10-6-3-7-15-37-28(43)38-29(19-20-8-4-2-5-9-20,21-11-13-23(31)14-12-21)22-16-24(32)18-25(17-22)44-30(35,36)27(33)34;30-22-12-10-20(11-13-22)28(18-19-7-3-1-4-8-19,21-15-23(31)17-24(16-21)43-29(34,35)26(32)33)37-27(42)36-14-6-2-5-9-25-38-40-41-39-25;1-2-3/h2,4-5,8-9,11-14,16-18,27H,3,6-7,10,15,19H2,1H3,(H2,37,38,43);1,3-4,7-8,10-13,15-17,26H,2,5-6,9,14,18H2,(H2,36,37,42)(H,38,39,40,41);1H3/t29-;28-;/m11./s1. The SMILES string of the molecule is CC#N.Cn1nnc(CCCCCNC(=O)N[C@](Cc2ccccc2)(c2ccc(F)cc2)c2cc(F)cc(OC(F)(F)C(F)F)c2)n1.O=C(NCCCCCc1nn[nH]n1)N[C@](Cc1ccccc1)(c1ccc(F)cc1)c1cc(F)cc(OC(F)(F)C(F)F)c1. The first-order valence-electron chi connectivity index (χ1n) is 27.8. The first-order chi connectivity index (χ1) is 42.9. The van der Waals surface area contributed by atoms with E-state index in [0.717, 1.165) is 74.2 Å². The van der Waals surface area contributed by atoms with Gasteiger partial charge >= 0.3 is 37.1 Å². The number of H-pyrrole nitrogens is 1. The van der Waals surface area contributed by atoms with Gasteiger partial charge in [-0.05, 0) is 113 Å². The van der Waals surface area contributed by atoms with E-state index in [-0.39, 0.29) is 48.2 Å². The van der Waals surface area contributed by atoms with Crippen LogP contribution in [0, 0.1) is 34.6 Å². The van der Waals surface area contributed by atoms with Crippen molar-refractivity contribution in [2.24, 2.45) is 7.05 Å². The predicted octanol–water partition coefficient (Wildman–Crippen LogP) is 12.4. The minimum absolute atomic E-state index is 0.0495. The Balaban J connectivity index is 0.000000275. The van der Waals surface area contributed by atoms with Gasteiger partial charge in [-0.3, -0.25) is 0 Å². The fourth-order valence-electron chi connectivity index (χ4n) is 9.29. The van der Waals surface area contributed by atoms with Crippen molar-refractivity contribution in [3.8, 4) is 17.6 Å². The Morgan fingerprint density at radius 3 is 1.33 bits per heavy atom. The summed E-state index contributed by atoms with van der Waals surface area (Å²) < 4.78 is 173. The molecule has 90 heavy (non-hydrogen) atoms. The molecule has 0 saturated heterocycles. The van der Waals surface area contributed by atoms with Gasteiger partial charge in [0.25, 0.3) is 0 Å². The second kappa shape index (κ2) is 33.0. The summed E-state index contributed by atoms with van der Waals surface area (Å²) in [5.41, 5.74) is -1.75. The number of tetrazole rings is 2. The molecule has 0 radical (unpaired) electrons. The molecule has 0 aliphatic carbocycles. The summed E-state index contributed by atoms with van der Waals surface area (Å²) >= 11 is 0. The van der Waals surface area contributed by atoms with E-state index in [9.17, 15) is 62.3 Å². The van der Waals surface area contributed by atoms with Gasteiger partial charge in [-0.1, -0.05) is 103 Å². The van der Waals surface area contributed by atoms with Crippen LogP contribution in [0.4, 0.5) is 62.3 Å². The van der Waals surface area contributed by atoms with Gasteiger partial charge in [-0.25, -0.2) is 27.2 Å². The number of ether oxygens (including phenoxy) is 2. The van der Waals surface area contributed by atoms with Crippen molar-refractivity contribution in [1.82, 2.24) is 62.1 Å². The average molecular weight is 1270 g/mol. The number of halogens is 12. The lowest BCUT2D eigenvalue weighted by molar-refractivity contribution is -0.253. The lowest BCUT2D eigenvalue weighted by atomic mass is 9.77. The number of aromatic amines is 1. The molecule has 5 N–H and O–H groups in total. The Bertz CT molecular complexity index is 3540. The van der Waals surface area contributed by atoms with Gasteiger partial charge in [0.2, 0.25) is 0 Å². The molecule has 8 aromatic rings. The normalized spacial score (nSPS) is 12.7. The Labute approximate surface area is 508 Å². The molecule has 0 aliphatic heterocycles. The number of urea groups is 2. The van der Waals surface area contributed by atoms with Gasteiger partial charge < -0.3 is 30.7 Å². The van der Waals surface area contributed by atoms with Crippen LogP contribution in [0.25, 0.3) is 0 Å². The minimum Gasteiger partial charge on any atom is -0.428 e. The molecule has 4 amide bonds. The number of unbranched alkanes of at least 4 members (excludes halogenated alkanes) is 4. The van der Waals surface area contributed by atoms with Crippen molar-refractivity contribution < 1.29 is 71.7 Å². The van der Waals surface area contributed by atoms with E-state index in [2.05, 4.69) is 66.8 Å². The number of aryl methyl sites for hydroxylation is 3. The topological polar surface area (TPSA) is 223 Å². The number of nitriles is 1. The van der Waals surface area contributed by atoms with Crippen LogP contribution in [0.5, 0.6) is 11.5 Å². The van der Waals surface area contributed by atoms with E-state index in [0.29, 0.717) is 60.6 Å². The van der Waals surface area contributed by atoms with Crippen LogP contribution < -0.4 is 30.7 Å². The molecule has 0 bridgehead atoms. The van der Waals surface area contributed by atoms with Gasteiger partial charge in [-0.15, -0.1) is 20.4 Å². The van der Waals surface area contributed by atoms with Gasteiger partial charge in [0.15, 0.2) is 11.6 Å². The molecular formula is C61H61F12N13O4. The fraction of sp³-hybridized carbons (Fsp3) is 0.328. The van der Waals surface area contributed by atoms with Crippen molar-refractivity contribution in [3.05, 3.63) is 214 Å². The van der Waals surface area contributed by atoms with Crippen molar-refractivity contribution >= 4 is 12.1 Å². The van der Waals surface area contributed by atoms with Gasteiger partial charge in [0.05, 0.1) is 24.2 Å². The molecule has 2 aromatic heterocycles. The quantitative estimate of drug-likeness (QED) is 0.0229. The van der Waals surface area contributed by atoms with E-state index < -0.39 is 83.0 Å². The maximum absolute atomic E-state index is 14.9. The minimum atomic E-state index is -4.91. The second-order valence-electron chi connectivity index (χ2n) is 20.1. The monoisotopic (exact) mass is 1270 g/mol. The summed E-state index contributed by atoms with van der Waals surface area (Å²) in [4.78, 5) is 28.0. The van der Waals surface area contributed by atoms with E-state index in [4.69, 9.17) is 5.26 Å². The van der Waals surface area contributed by atoms with Crippen LogP contribution >= 0.6 is 0 Å². The summed E-state index contributed by atoms with van der Waals surface area (Å²) in [6.07, 6.45) is -12.9. The third kappa shape index (κ3) is 20.7. The number of hydrogen-bond acceptors (Lipinski definition) is 11. The number of hydrogen-bond donors (Lipinski definition) is 5. The summed E-state index contributed by atoms with van der Waals surface area (Å²) in [6.45, 7) is 1.93. The molecule has 17 nitrogen and oxygen atoms in total. The Kier molecular flexibility index (Phi) is 25.4. The van der Waals surface area contributed by atoms with Crippen molar-refractivity contribution in [1.29, 1.82) is 5.26 Å². The molecule has 0 unspecified atom stereocenters. The number of carbonyl (C=O) groups excluding carboxylic acids is 2. The van der Waals surface area contributed by atoms with Crippen molar-refractivity contribution in [2.75, 3.05) is 13.1 Å². The van der Waals surface area contributed by atoms with Crippen LogP contribution in [0.1, 0.15) is 90.5 Å². The number of rotatable bonds is 28. The summed E-state index contributed by atoms with van der Waals surface area (Å²) in [6, 6.07) is 32.5. The lowest BCUT2D eigenvalue weighted by Gasteiger charge is -2.37. The highest BCUT2D eigenvalue weighted by Gasteiger charge is 2.46. The third-order valence-corrected chi connectivity index (χ3v) is 13.4. The number of nitrogens with zero attached hydrogens (tertiary/aromatic N) is 8. The number of benzene rings is 6. The highest BCUT2D eigenvalue weighted by atomic mass is 19.3. The molecule has 2 heterocycles. The Hall–Kier alpha value is -9.75. The number of amides is 4. The lowest BCUT2D eigenvalue weighted by Crippen LogP contribution is -2.52. The number of nitrogens with one attached hydrogen (secondary N) is 5. The van der Waals surface area contributed by atoms with Crippen LogP contribution in [0.3, 0.4) is 0 Å². The fourth-order valence-corrected chi connectivity index (χ4v) is 9.29. The van der Waals surface area contributed by atoms with Crippen molar-refractivity contribution in [2.45, 2.75) is 107 Å². The van der Waals surface area contributed by atoms with Gasteiger partial charge in [0.1, 0.15) is 34.8 Å². The van der Waals surface area contributed by atoms with Crippen LogP contribution in [-0.2, 0) is 43.8 Å². The highest BCUT2D eigenvalue weighted by molar-refractivity contribution is 5.77. The molecule has 0 spiro atoms. The largest absolute Gasteiger partial charge is 0.461 e. The zero-order chi connectivity index (χ0) is 65.3. The molecule has 2 atom stereocenters. The molecule has 8 rings (SSSR count). The van der Waals surface area contributed by atoms with Gasteiger partial charge in [-0.2, -0.15) is 50.4 Å². The van der Waals surface area contributed by atoms with Crippen LogP contribution in [0.15, 0.2) is 146 Å². The van der Waals surface area contributed by atoms with Gasteiger partial charge in [0, 0.05) is 57.8 Å². The zero-order valence-corrected chi connectivity index (χ0v) is 48.2. The summed E-state index contributed by atoms with van der Waals surface area (Å²) in [7, 11) is 1.67. The van der Waals surface area contributed by atoms with E-state index >= 15 is 0 Å². The second-order valence-corrected chi connectivity index (χ2v) is 20.1. The molecule has 0 fully saturated rings. The first kappa shape index (κ1) is 69.4. The molecule has 6 aromatic carbocycles. The average Bonchev–Trinajstić information content (AvgIpc) is 0.849. The van der Waals surface area contributed by atoms with Crippen LogP contribution in [0.2, 0.25) is 0 Å². The van der Waals surface area contributed by atoms with E-state index in [1.54, 1.807) is 73.8 Å². The Morgan fingerprint density at radius 1 is 0.556 bits per heavy atom. The highest BCUT2D eigenvalue weighted by Crippen LogP contribution is 2.40. The number of aromatic nitrogens is 8. The van der Waals surface area contributed by atoms with Crippen LogP contribution in [-0.4, -0.2) is 91.1 Å². The molecule has 0 aliphatic rings. The maximum Gasteiger partial charge on any atom is 0.461 e. The zero-order valence-electron chi connectivity index (χ0n) is 48.2.